The fraction of sp³-hybridized carbons (Fsp3) is 0.367. The van der Waals surface area contributed by atoms with Gasteiger partial charge in [-0.1, -0.05) is 49.3 Å². The first-order valence-corrected chi connectivity index (χ1v) is 13.3. The number of anilines is 1. The minimum atomic E-state index is -2.92. The fourth-order valence-electron chi connectivity index (χ4n) is 3.67. The van der Waals surface area contributed by atoms with Gasteiger partial charge in [0.15, 0.2) is 0 Å². The Morgan fingerprint density at radius 1 is 1.13 bits per heavy atom. The Kier molecular flexibility index (Phi) is 17.7. The molecule has 0 aliphatic carbocycles. The quantitative estimate of drug-likeness (QED) is 0.132. The van der Waals surface area contributed by atoms with Crippen LogP contribution in [0.4, 0.5) is 28.2 Å². The second-order valence-corrected chi connectivity index (χ2v) is 9.59. The molecule has 11 nitrogen and oxygen atoms in total. The molecule has 2 aromatic heterocycles. The molecule has 0 saturated heterocycles. The molecule has 3 N–H and O–H groups in total. The van der Waals surface area contributed by atoms with E-state index >= 15 is 0 Å². The van der Waals surface area contributed by atoms with Crippen molar-refractivity contribution in [3.8, 4) is 17.0 Å². The predicted octanol–water partition coefficient (Wildman–Crippen LogP) is 5.93. The molecular weight excluding hydrogens is 602 g/mol. The number of benzene rings is 1. The number of pyridine rings is 2. The molecule has 0 aliphatic rings. The Hall–Kier alpha value is -4.88. The van der Waals surface area contributed by atoms with Crippen LogP contribution in [0.1, 0.15) is 38.0 Å². The first-order valence-electron chi connectivity index (χ1n) is 13.3. The standard InChI is InChI=1S/C20H25F3N4O3.C9H10FNO.CO2/c1-12(2)9-20(24,10-21)11-30-15-5-4-14(26-17(15)18(22)23)13-6-7-25-16(8-13)27-19(28)29-3;10-6-7-11-12-8-9-4-2-1-3-5-9;2-1-3/h4-8,12,18H,9-11,24H2,1-3H3,(H,25,27,28);1-5,7H,6,8H2;/t20-;;/m1../s1. The highest BCUT2D eigenvalue weighted by molar-refractivity contribution is 5.84. The van der Waals surface area contributed by atoms with Crippen LogP contribution in [0.15, 0.2) is 65.9 Å². The Morgan fingerprint density at radius 3 is 2.40 bits per heavy atom. The third kappa shape index (κ3) is 14.9. The minimum Gasteiger partial charge on any atom is -0.489 e. The Balaban J connectivity index is 0.000000558. The van der Waals surface area contributed by atoms with E-state index < -0.39 is 37.1 Å². The van der Waals surface area contributed by atoms with Crippen molar-refractivity contribution in [1.82, 2.24) is 9.97 Å². The van der Waals surface area contributed by atoms with E-state index in [2.05, 4.69) is 25.2 Å². The maximum atomic E-state index is 13.6. The van der Waals surface area contributed by atoms with Crippen LogP contribution in [-0.2, 0) is 25.8 Å². The molecule has 1 amide bonds. The number of hydrogen-bond donors (Lipinski definition) is 2. The van der Waals surface area contributed by atoms with Gasteiger partial charge in [-0.15, -0.1) is 0 Å². The summed E-state index contributed by atoms with van der Waals surface area (Å²) in [6.45, 7) is 2.47. The molecule has 3 rings (SSSR count). The summed E-state index contributed by atoms with van der Waals surface area (Å²) >= 11 is 0. The molecule has 0 unspecified atom stereocenters. The normalized spacial score (nSPS) is 11.8. The van der Waals surface area contributed by atoms with E-state index in [1.807, 2.05) is 44.2 Å². The largest absolute Gasteiger partial charge is 0.489 e. The van der Waals surface area contributed by atoms with Gasteiger partial charge in [0.1, 0.15) is 43.8 Å². The van der Waals surface area contributed by atoms with Crippen molar-refractivity contribution in [3.05, 3.63) is 72.1 Å². The molecule has 0 saturated carbocycles. The zero-order valence-electron chi connectivity index (χ0n) is 24.9. The van der Waals surface area contributed by atoms with Crippen molar-refractivity contribution in [2.45, 2.75) is 38.8 Å². The first kappa shape index (κ1) is 38.1. The van der Waals surface area contributed by atoms with Crippen LogP contribution in [0.2, 0.25) is 0 Å². The van der Waals surface area contributed by atoms with E-state index in [0.29, 0.717) is 18.6 Å². The number of ether oxygens (including phenoxy) is 2. The molecule has 3 aromatic rings. The average Bonchev–Trinajstić information content (AvgIpc) is 3.03. The topological polar surface area (TPSA) is 155 Å². The molecule has 1 atom stereocenters. The van der Waals surface area contributed by atoms with E-state index in [0.717, 1.165) is 11.8 Å². The molecule has 0 radical (unpaired) electrons. The average molecular weight is 638 g/mol. The Morgan fingerprint density at radius 2 is 1.82 bits per heavy atom. The third-order valence-electron chi connectivity index (χ3n) is 5.45. The molecule has 15 heteroatoms. The van der Waals surface area contributed by atoms with Crippen molar-refractivity contribution in [3.63, 3.8) is 0 Å². The number of rotatable bonds is 13. The van der Waals surface area contributed by atoms with Crippen LogP contribution in [0.3, 0.4) is 0 Å². The fourth-order valence-corrected chi connectivity index (χ4v) is 3.67. The minimum absolute atomic E-state index is 0.115. The van der Waals surface area contributed by atoms with Gasteiger partial charge >= 0.3 is 12.2 Å². The lowest BCUT2D eigenvalue weighted by Crippen LogP contribution is -2.49. The van der Waals surface area contributed by atoms with Gasteiger partial charge in [0.25, 0.3) is 6.43 Å². The maximum Gasteiger partial charge on any atom is 0.412 e. The SMILES string of the molecule is COC(=O)Nc1cc(-c2ccc(OC[C@](N)(CF)CC(C)C)c(C(F)F)n2)ccn1.FCC=NOCc1ccccc1.O=C=O. The second kappa shape index (κ2) is 20.9. The van der Waals surface area contributed by atoms with Crippen LogP contribution in [0.25, 0.3) is 11.3 Å². The van der Waals surface area contributed by atoms with Gasteiger partial charge < -0.3 is 20.0 Å². The summed E-state index contributed by atoms with van der Waals surface area (Å²) in [6.07, 6.45) is -0.569. The highest BCUT2D eigenvalue weighted by atomic mass is 19.3. The monoisotopic (exact) mass is 637 g/mol. The number of carbonyl (C=O) groups is 1. The number of amides is 1. The molecule has 2 heterocycles. The van der Waals surface area contributed by atoms with Gasteiger partial charge in [0, 0.05) is 11.8 Å². The molecule has 0 bridgehead atoms. The molecular formula is C30H35F4N5O6. The maximum absolute atomic E-state index is 13.6. The number of hydrogen-bond acceptors (Lipinski definition) is 10. The van der Waals surface area contributed by atoms with Gasteiger partial charge in [0.05, 0.1) is 24.6 Å². The second-order valence-electron chi connectivity index (χ2n) is 9.59. The molecule has 0 aliphatic heterocycles. The van der Waals surface area contributed by atoms with E-state index in [-0.39, 0.29) is 35.9 Å². The Bertz CT molecular complexity index is 1360. The molecule has 0 spiro atoms. The summed E-state index contributed by atoms with van der Waals surface area (Å²) in [5.41, 5.74) is 5.83. The van der Waals surface area contributed by atoms with E-state index in [1.165, 1.54) is 31.5 Å². The number of carbonyl (C=O) groups excluding carboxylic acids is 3. The lowest BCUT2D eigenvalue weighted by Gasteiger charge is -2.28. The molecule has 45 heavy (non-hydrogen) atoms. The summed E-state index contributed by atoms with van der Waals surface area (Å²) < 4.78 is 62.0. The van der Waals surface area contributed by atoms with Crippen molar-refractivity contribution in [2.75, 3.05) is 32.4 Å². The summed E-state index contributed by atoms with van der Waals surface area (Å²) in [5, 5.41) is 5.77. The van der Waals surface area contributed by atoms with E-state index in [4.69, 9.17) is 24.9 Å². The highest BCUT2D eigenvalue weighted by Crippen LogP contribution is 2.31. The van der Waals surface area contributed by atoms with Crippen molar-refractivity contribution >= 4 is 24.3 Å². The number of nitrogens with one attached hydrogen (secondary N) is 1. The van der Waals surface area contributed by atoms with Crippen LogP contribution in [0.5, 0.6) is 5.75 Å². The summed E-state index contributed by atoms with van der Waals surface area (Å²) in [4.78, 5) is 40.3. The number of nitrogens with zero attached hydrogens (tertiary/aromatic N) is 3. The van der Waals surface area contributed by atoms with Gasteiger partial charge in [0.2, 0.25) is 0 Å². The molecule has 244 valence electrons. The van der Waals surface area contributed by atoms with E-state index in [9.17, 15) is 22.4 Å². The van der Waals surface area contributed by atoms with Gasteiger partial charge in [-0.2, -0.15) is 9.59 Å². The molecule has 1 aromatic carbocycles. The number of alkyl halides is 4. The van der Waals surface area contributed by atoms with Crippen molar-refractivity contribution < 1.29 is 46.3 Å². The summed E-state index contributed by atoms with van der Waals surface area (Å²) in [6, 6.07) is 15.4. The summed E-state index contributed by atoms with van der Waals surface area (Å²) in [7, 11) is 1.20. The lowest BCUT2D eigenvalue weighted by molar-refractivity contribution is -0.191. The zero-order valence-corrected chi connectivity index (χ0v) is 24.9. The van der Waals surface area contributed by atoms with E-state index in [1.54, 1.807) is 6.07 Å². The van der Waals surface area contributed by atoms with Crippen LogP contribution in [0, 0.1) is 5.92 Å². The van der Waals surface area contributed by atoms with Gasteiger partial charge in [-0.3, -0.25) is 5.32 Å². The summed E-state index contributed by atoms with van der Waals surface area (Å²) in [5.74, 6) is 0.122. The Labute approximate surface area is 257 Å². The van der Waals surface area contributed by atoms with Crippen LogP contribution in [-0.4, -0.2) is 61.0 Å². The number of oxime groups is 1. The predicted molar refractivity (Wildman–Crippen MR) is 157 cm³/mol. The lowest BCUT2D eigenvalue weighted by atomic mass is 9.92. The smallest absolute Gasteiger partial charge is 0.412 e. The zero-order chi connectivity index (χ0) is 33.7. The van der Waals surface area contributed by atoms with Gasteiger partial charge in [-0.25, -0.2) is 32.3 Å². The third-order valence-corrected chi connectivity index (χ3v) is 5.45. The first-order chi connectivity index (χ1) is 21.5. The highest BCUT2D eigenvalue weighted by Gasteiger charge is 2.29. The van der Waals surface area contributed by atoms with Crippen LogP contribution >= 0.6 is 0 Å². The van der Waals surface area contributed by atoms with Crippen molar-refractivity contribution in [2.24, 2.45) is 16.8 Å². The molecule has 0 fully saturated rings. The number of nitrogens with two attached hydrogens (primary N) is 1. The van der Waals surface area contributed by atoms with Crippen LogP contribution < -0.4 is 15.8 Å². The van der Waals surface area contributed by atoms with Crippen molar-refractivity contribution in [1.29, 1.82) is 0 Å². The number of halogens is 4. The van der Waals surface area contributed by atoms with Gasteiger partial charge in [-0.05, 0) is 42.2 Å². The number of aromatic nitrogens is 2. The number of methoxy groups -OCH3 is 1.